The summed E-state index contributed by atoms with van der Waals surface area (Å²) in [6, 6.07) is 9.28. The quantitative estimate of drug-likeness (QED) is 0.442. The van der Waals surface area contributed by atoms with Gasteiger partial charge in [-0.15, -0.1) is 0 Å². The third-order valence-corrected chi connectivity index (χ3v) is 6.10. The van der Waals surface area contributed by atoms with Crippen molar-refractivity contribution in [3.05, 3.63) is 47.7 Å². The molecule has 8 nitrogen and oxygen atoms in total. The number of imidazole rings is 1. The number of aryl methyl sites for hydroxylation is 1. The fourth-order valence-corrected chi connectivity index (χ4v) is 4.28. The first-order valence-corrected chi connectivity index (χ1v) is 10.9. The summed E-state index contributed by atoms with van der Waals surface area (Å²) in [4.78, 5) is 29.8. The monoisotopic (exact) mass is 447 g/mol. The molecular formula is C25H29N5O3. The molecule has 0 radical (unpaired) electrons. The highest BCUT2D eigenvalue weighted by Gasteiger charge is 2.33. The summed E-state index contributed by atoms with van der Waals surface area (Å²) in [5.41, 5.74) is 4.66. The molecule has 0 fully saturated rings. The molecule has 1 atom stereocenters. The van der Waals surface area contributed by atoms with Crippen molar-refractivity contribution in [3.8, 4) is 11.4 Å². The van der Waals surface area contributed by atoms with Gasteiger partial charge in [-0.3, -0.25) is 14.7 Å². The molecule has 33 heavy (non-hydrogen) atoms. The molecule has 0 spiro atoms. The van der Waals surface area contributed by atoms with Crippen LogP contribution in [0.15, 0.2) is 36.5 Å². The van der Waals surface area contributed by atoms with Crippen LogP contribution >= 0.6 is 0 Å². The van der Waals surface area contributed by atoms with Gasteiger partial charge in [0.05, 0.1) is 42.3 Å². The second-order valence-corrected chi connectivity index (χ2v) is 9.37. The van der Waals surface area contributed by atoms with Crippen molar-refractivity contribution in [2.75, 3.05) is 14.2 Å². The highest BCUT2D eigenvalue weighted by atomic mass is 16.5. The van der Waals surface area contributed by atoms with Gasteiger partial charge in [-0.25, -0.2) is 4.98 Å². The van der Waals surface area contributed by atoms with Crippen LogP contribution in [0.2, 0.25) is 0 Å². The molecule has 0 aliphatic carbocycles. The van der Waals surface area contributed by atoms with Crippen LogP contribution in [0.3, 0.4) is 0 Å². The van der Waals surface area contributed by atoms with E-state index in [9.17, 15) is 9.59 Å². The van der Waals surface area contributed by atoms with Crippen molar-refractivity contribution in [3.63, 3.8) is 0 Å². The van der Waals surface area contributed by atoms with E-state index in [1.54, 1.807) is 13.1 Å². The SMILES string of the molecule is CNC(=O)c1ccc2nc(-c3cc(C)c4cn[nH]c4c3)n([C@@H](CC(=O)OC)C(C)(C)C)c2c1. The normalized spacial score (nSPS) is 12.8. The van der Waals surface area contributed by atoms with Crippen molar-refractivity contribution in [1.29, 1.82) is 0 Å². The van der Waals surface area contributed by atoms with Crippen LogP contribution in [0.1, 0.15) is 49.2 Å². The number of carbonyl (C=O) groups is 2. The van der Waals surface area contributed by atoms with Crippen molar-refractivity contribution < 1.29 is 14.3 Å². The van der Waals surface area contributed by atoms with Gasteiger partial charge in [0.15, 0.2) is 0 Å². The van der Waals surface area contributed by atoms with Gasteiger partial charge in [-0.05, 0) is 48.2 Å². The van der Waals surface area contributed by atoms with E-state index in [1.165, 1.54) is 7.11 Å². The zero-order valence-corrected chi connectivity index (χ0v) is 19.8. The van der Waals surface area contributed by atoms with Gasteiger partial charge in [0.1, 0.15) is 5.82 Å². The van der Waals surface area contributed by atoms with Gasteiger partial charge in [0, 0.05) is 23.6 Å². The first-order chi connectivity index (χ1) is 15.6. The first-order valence-electron chi connectivity index (χ1n) is 10.9. The minimum atomic E-state index is -0.301. The molecule has 0 unspecified atom stereocenters. The molecule has 0 aliphatic heterocycles. The molecule has 4 aromatic rings. The molecule has 2 aromatic carbocycles. The summed E-state index contributed by atoms with van der Waals surface area (Å²) in [7, 11) is 3.00. The van der Waals surface area contributed by atoms with Gasteiger partial charge in [-0.2, -0.15) is 5.10 Å². The van der Waals surface area contributed by atoms with Crippen LogP contribution < -0.4 is 5.32 Å². The number of carbonyl (C=O) groups excluding carboxylic acids is 2. The number of H-pyrrole nitrogens is 1. The Balaban J connectivity index is 2.04. The standard InChI is InChI=1S/C25H29N5O3/c1-14-9-16(10-19-17(14)13-27-29-19)23-28-18-8-7-15(24(32)26-5)11-20(18)30(23)21(25(2,3)4)12-22(31)33-6/h7-11,13,21H,12H2,1-6H3,(H,26,32)(H,27,29)/t21-/m0/s1. The van der Waals surface area contributed by atoms with Crippen LogP contribution in [0.5, 0.6) is 0 Å². The number of ether oxygens (including phenoxy) is 1. The van der Waals surface area contributed by atoms with Crippen molar-refractivity contribution in [2.24, 2.45) is 5.41 Å². The van der Waals surface area contributed by atoms with Crippen molar-refractivity contribution in [1.82, 2.24) is 25.1 Å². The Morgan fingerprint density at radius 3 is 2.64 bits per heavy atom. The lowest BCUT2D eigenvalue weighted by Gasteiger charge is -2.33. The van der Waals surface area contributed by atoms with E-state index < -0.39 is 0 Å². The largest absolute Gasteiger partial charge is 0.469 e. The summed E-state index contributed by atoms with van der Waals surface area (Å²) in [6.07, 6.45) is 1.98. The van der Waals surface area contributed by atoms with Gasteiger partial charge in [0.2, 0.25) is 0 Å². The molecule has 0 saturated carbocycles. The Kier molecular flexibility index (Phi) is 5.69. The molecule has 0 bridgehead atoms. The minimum absolute atomic E-state index is 0.175. The smallest absolute Gasteiger partial charge is 0.307 e. The number of rotatable bonds is 5. The molecule has 1 amide bonds. The molecule has 8 heteroatoms. The fraction of sp³-hybridized carbons (Fsp3) is 0.360. The predicted octanol–water partition coefficient (Wildman–Crippen LogP) is 4.40. The molecule has 2 N–H and O–H groups in total. The van der Waals surface area contributed by atoms with Crippen LogP contribution in [0.4, 0.5) is 0 Å². The first kappa shape index (κ1) is 22.5. The van der Waals surface area contributed by atoms with E-state index in [0.29, 0.717) is 5.56 Å². The predicted molar refractivity (Wildman–Crippen MR) is 128 cm³/mol. The Morgan fingerprint density at radius 1 is 1.21 bits per heavy atom. The Hall–Kier alpha value is -3.68. The minimum Gasteiger partial charge on any atom is -0.469 e. The number of nitrogens with zero attached hydrogens (tertiary/aromatic N) is 3. The molecule has 172 valence electrons. The van der Waals surface area contributed by atoms with E-state index in [1.807, 2.05) is 31.3 Å². The molecule has 4 rings (SSSR count). The summed E-state index contributed by atoms with van der Waals surface area (Å²) >= 11 is 0. The lowest BCUT2D eigenvalue weighted by Crippen LogP contribution is -2.28. The summed E-state index contributed by atoms with van der Waals surface area (Å²) < 4.78 is 7.11. The van der Waals surface area contributed by atoms with Crippen molar-refractivity contribution in [2.45, 2.75) is 40.2 Å². The second kappa shape index (κ2) is 8.35. The van der Waals surface area contributed by atoms with Crippen LogP contribution in [0.25, 0.3) is 33.3 Å². The second-order valence-electron chi connectivity index (χ2n) is 9.37. The van der Waals surface area contributed by atoms with E-state index >= 15 is 0 Å². The summed E-state index contributed by atoms with van der Waals surface area (Å²) in [5.74, 6) is 0.245. The highest BCUT2D eigenvalue weighted by molar-refractivity contribution is 5.98. The van der Waals surface area contributed by atoms with E-state index in [0.717, 1.165) is 38.9 Å². The van der Waals surface area contributed by atoms with E-state index in [2.05, 4.69) is 46.9 Å². The lowest BCUT2D eigenvalue weighted by molar-refractivity contribution is -0.142. The van der Waals surface area contributed by atoms with Gasteiger partial charge >= 0.3 is 5.97 Å². The van der Waals surface area contributed by atoms with Gasteiger partial charge in [-0.1, -0.05) is 20.8 Å². The maximum absolute atomic E-state index is 12.4. The van der Waals surface area contributed by atoms with E-state index in [-0.39, 0.29) is 29.8 Å². The third-order valence-electron chi connectivity index (χ3n) is 6.10. The average Bonchev–Trinajstić information content (AvgIpc) is 3.40. The zero-order valence-electron chi connectivity index (χ0n) is 19.8. The molecule has 2 aromatic heterocycles. The zero-order chi connectivity index (χ0) is 23.9. The molecule has 0 aliphatic rings. The van der Waals surface area contributed by atoms with Gasteiger partial charge < -0.3 is 14.6 Å². The number of esters is 1. The molecule has 0 saturated heterocycles. The van der Waals surface area contributed by atoms with Crippen LogP contribution in [-0.2, 0) is 9.53 Å². The average molecular weight is 448 g/mol. The third kappa shape index (κ3) is 4.08. The van der Waals surface area contributed by atoms with Crippen LogP contribution in [-0.4, -0.2) is 45.8 Å². The Labute approximate surface area is 192 Å². The Bertz CT molecular complexity index is 1360. The van der Waals surface area contributed by atoms with Crippen molar-refractivity contribution >= 4 is 33.8 Å². The highest BCUT2D eigenvalue weighted by Crippen LogP contribution is 2.40. The lowest BCUT2D eigenvalue weighted by atomic mass is 9.84. The number of fused-ring (bicyclic) bond motifs is 2. The Morgan fingerprint density at radius 2 is 1.97 bits per heavy atom. The number of hydrogen-bond donors (Lipinski definition) is 2. The number of aromatic nitrogens is 4. The number of aromatic amines is 1. The maximum Gasteiger partial charge on any atom is 0.307 e. The van der Waals surface area contributed by atoms with Crippen LogP contribution in [0, 0.1) is 12.3 Å². The topological polar surface area (TPSA) is 102 Å². The fourth-order valence-electron chi connectivity index (χ4n) is 4.28. The summed E-state index contributed by atoms with van der Waals surface area (Å²) in [6.45, 7) is 8.29. The number of hydrogen-bond acceptors (Lipinski definition) is 5. The number of benzene rings is 2. The van der Waals surface area contributed by atoms with E-state index in [4.69, 9.17) is 9.72 Å². The molecule has 2 heterocycles. The maximum atomic E-state index is 12.4. The number of methoxy groups -OCH3 is 1. The molecular weight excluding hydrogens is 418 g/mol. The van der Waals surface area contributed by atoms with Gasteiger partial charge in [0.25, 0.3) is 5.91 Å². The number of nitrogens with one attached hydrogen (secondary N) is 2. The number of amides is 1. The summed E-state index contributed by atoms with van der Waals surface area (Å²) in [5, 5.41) is 10.9.